The minimum Gasteiger partial charge on any atom is -0.370 e. The van der Waals surface area contributed by atoms with Gasteiger partial charge in [-0.2, -0.15) is 0 Å². The summed E-state index contributed by atoms with van der Waals surface area (Å²) in [7, 11) is -17.8. The molecule has 0 heterocycles. The molecule has 0 aromatic rings. The molecule has 0 bridgehead atoms. The van der Waals surface area contributed by atoms with E-state index in [9.17, 15) is 37.8 Å². The Morgan fingerprint density at radius 2 is 1.00 bits per heavy atom. The van der Waals surface area contributed by atoms with Gasteiger partial charge >= 0.3 is 31.3 Å². The van der Waals surface area contributed by atoms with Crippen LogP contribution in [0.3, 0.4) is 0 Å². The Labute approximate surface area is 215 Å². The van der Waals surface area contributed by atoms with E-state index in [1.54, 1.807) is 0 Å². The summed E-state index contributed by atoms with van der Waals surface area (Å²) in [5.74, 6) is 0. The summed E-state index contributed by atoms with van der Waals surface area (Å²) in [6, 6.07) is 0. The molecule has 230 valence electrons. The summed E-state index contributed by atoms with van der Waals surface area (Å²) in [6.45, 7) is -7.80. The Hall–Kier alpha value is 0.200. The topological polar surface area (TPSA) is 311 Å². The van der Waals surface area contributed by atoms with Crippen molar-refractivity contribution in [3.05, 3.63) is 0 Å². The van der Waals surface area contributed by atoms with Gasteiger partial charge in [0, 0.05) is 13.5 Å². The Bertz CT molecular complexity index is 824. The predicted molar refractivity (Wildman–Crippen MR) is 115 cm³/mol. The summed E-state index contributed by atoms with van der Waals surface area (Å²) in [5.41, 5.74) is 0. The van der Waals surface area contributed by atoms with Crippen LogP contribution in [-0.4, -0.2) is 108 Å². The van der Waals surface area contributed by atoms with Crippen molar-refractivity contribution in [2.24, 2.45) is 0 Å². The lowest BCUT2D eigenvalue weighted by Crippen LogP contribution is -2.38. The van der Waals surface area contributed by atoms with Gasteiger partial charge in [-0.1, -0.05) is 0 Å². The summed E-state index contributed by atoms with van der Waals surface area (Å²) in [4.78, 5) is 37.3. The fraction of sp³-hybridized carbons (Fsp3) is 1.00. The molecule has 0 aromatic heterocycles. The Kier molecular flexibility index (Phi) is 19.4. The van der Waals surface area contributed by atoms with Crippen molar-refractivity contribution in [1.82, 2.24) is 0 Å². The average Bonchev–Trinajstić information content (AvgIpc) is 2.79. The number of hydrogen-bond acceptors (Lipinski definition) is 18. The molecule has 0 rings (SSSR count). The van der Waals surface area contributed by atoms with Crippen LogP contribution in [0.4, 0.5) is 0 Å². The molecule has 0 aliphatic heterocycles. The zero-order valence-corrected chi connectivity index (χ0v) is 23.1. The number of phosphoric acid groups is 4. The number of hydrogen-bond donors (Lipinski definition) is 7. The molecule has 0 radical (unpaired) electrons. The highest BCUT2D eigenvalue weighted by Gasteiger charge is 2.30. The van der Waals surface area contributed by atoms with Crippen LogP contribution in [0.25, 0.3) is 0 Å². The summed E-state index contributed by atoms with van der Waals surface area (Å²) >= 11 is 0. The molecule has 0 saturated carbocycles. The van der Waals surface area contributed by atoms with Gasteiger partial charge in [0.25, 0.3) is 0 Å². The van der Waals surface area contributed by atoms with Crippen LogP contribution in [0.15, 0.2) is 0 Å². The van der Waals surface area contributed by atoms with Crippen LogP contribution < -0.4 is 0 Å². The third-order valence-corrected chi connectivity index (χ3v) is 7.13. The van der Waals surface area contributed by atoms with Gasteiger partial charge in [-0.3, -0.25) is 36.2 Å². The van der Waals surface area contributed by atoms with Crippen molar-refractivity contribution in [2.75, 3.05) is 61.1 Å². The lowest BCUT2D eigenvalue weighted by molar-refractivity contribution is -0.170. The average molecular weight is 650 g/mol. The second-order valence-electron chi connectivity index (χ2n) is 5.98. The van der Waals surface area contributed by atoms with E-state index in [0.717, 1.165) is 7.11 Å². The summed E-state index contributed by atoms with van der Waals surface area (Å²) in [5, 5.41) is 25.7. The number of rotatable bonds is 25. The molecule has 0 aliphatic carbocycles. The third kappa shape index (κ3) is 19.3. The standard InChI is InChI=1S/C12H30O22P4/c1-24-35(16,17)28-3-2-11(26-9-33-37(20,21)30-6-14)12(27-10-34-38(22,23)31-7-15)4-25-8-32-36(18,19)29-5-13/h11-15H,2-10H2,1H3,(H,16,17)(H,18,19)(H,20,21)(H,22,23). The van der Waals surface area contributed by atoms with Crippen molar-refractivity contribution in [3.63, 3.8) is 0 Å². The van der Waals surface area contributed by atoms with Crippen molar-refractivity contribution < 1.29 is 104 Å². The van der Waals surface area contributed by atoms with E-state index in [1.165, 1.54) is 0 Å². The van der Waals surface area contributed by atoms with E-state index in [1.807, 2.05) is 0 Å². The van der Waals surface area contributed by atoms with Crippen molar-refractivity contribution in [2.45, 2.75) is 18.6 Å². The molecule has 0 fully saturated rings. The summed E-state index contributed by atoms with van der Waals surface area (Å²) in [6.07, 6.45) is -3.23. The van der Waals surface area contributed by atoms with Crippen molar-refractivity contribution in [1.29, 1.82) is 0 Å². The Balaban J connectivity index is 5.48. The Morgan fingerprint density at radius 3 is 1.42 bits per heavy atom. The van der Waals surface area contributed by atoms with Crippen LogP contribution >= 0.6 is 31.3 Å². The Morgan fingerprint density at radius 1 is 0.579 bits per heavy atom. The van der Waals surface area contributed by atoms with Gasteiger partial charge in [0.15, 0.2) is 40.8 Å². The fourth-order valence-corrected chi connectivity index (χ4v) is 3.64. The maximum atomic E-state index is 11.5. The first-order valence-corrected chi connectivity index (χ1v) is 15.6. The fourth-order valence-electron chi connectivity index (χ4n) is 1.94. The van der Waals surface area contributed by atoms with Crippen LogP contribution in [0.1, 0.15) is 6.42 Å². The molecular weight excluding hydrogens is 620 g/mol. The highest BCUT2D eigenvalue weighted by Crippen LogP contribution is 2.45. The van der Waals surface area contributed by atoms with Crippen LogP contribution in [0.2, 0.25) is 0 Å². The minimum absolute atomic E-state index is 0.390. The lowest BCUT2D eigenvalue weighted by atomic mass is 10.1. The molecule has 6 unspecified atom stereocenters. The van der Waals surface area contributed by atoms with Gasteiger partial charge in [0.2, 0.25) is 0 Å². The normalized spacial score (nSPS) is 20.1. The first-order chi connectivity index (χ1) is 17.6. The first-order valence-electron chi connectivity index (χ1n) is 9.64. The van der Waals surface area contributed by atoms with Gasteiger partial charge in [-0.15, -0.1) is 0 Å². The van der Waals surface area contributed by atoms with Crippen molar-refractivity contribution >= 4 is 31.3 Å². The molecule has 0 amide bonds. The smallest absolute Gasteiger partial charge is 0.370 e. The molecule has 22 nitrogen and oxygen atoms in total. The van der Waals surface area contributed by atoms with E-state index in [4.69, 9.17) is 29.5 Å². The van der Waals surface area contributed by atoms with E-state index in [0.29, 0.717) is 0 Å². The molecule has 6 atom stereocenters. The van der Waals surface area contributed by atoms with Gasteiger partial charge < -0.3 is 49.1 Å². The minimum atomic E-state index is -4.78. The number of aliphatic hydroxyl groups is 3. The third-order valence-electron chi connectivity index (χ3n) is 3.54. The van der Waals surface area contributed by atoms with Gasteiger partial charge in [0.1, 0.15) is 6.10 Å². The second kappa shape index (κ2) is 19.3. The lowest BCUT2D eigenvalue weighted by Gasteiger charge is -2.28. The molecule has 0 aromatic carbocycles. The molecular formula is C12H30O22P4. The van der Waals surface area contributed by atoms with Crippen LogP contribution in [0.5, 0.6) is 0 Å². The van der Waals surface area contributed by atoms with Gasteiger partial charge in [0.05, 0.1) is 19.3 Å². The largest absolute Gasteiger partial charge is 0.476 e. The van der Waals surface area contributed by atoms with E-state index < -0.39 is 104 Å². The maximum absolute atomic E-state index is 11.5. The molecule has 26 heteroatoms. The highest BCUT2D eigenvalue weighted by molar-refractivity contribution is 7.48. The molecule has 0 spiro atoms. The molecule has 38 heavy (non-hydrogen) atoms. The van der Waals surface area contributed by atoms with E-state index in [-0.39, 0.29) is 0 Å². The first kappa shape index (κ1) is 38.2. The van der Waals surface area contributed by atoms with E-state index >= 15 is 0 Å². The highest BCUT2D eigenvalue weighted by atomic mass is 31.2. The summed E-state index contributed by atoms with van der Waals surface area (Å²) < 4.78 is 95.8. The second-order valence-corrected chi connectivity index (χ2v) is 11.9. The molecule has 0 aliphatic rings. The quantitative estimate of drug-likeness (QED) is 0.0356. The van der Waals surface area contributed by atoms with Crippen molar-refractivity contribution in [3.8, 4) is 0 Å². The number of aliphatic hydroxyl groups excluding tert-OH is 3. The predicted octanol–water partition coefficient (Wildman–Crippen LogP) is -0.950. The van der Waals surface area contributed by atoms with Gasteiger partial charge in [-0.25, -0.2) is 18.3 Å². The SMILES string of the molecule is COP(=O)(O)OCCC(OCOP(=O)(O)OCO)C(COCOP(=O)(O)OCO)OCOP(=O)(O)OCO. The van der Waals surface area contributed by atoms with Gasteiger partial charge in [-0.05, 0) is 0 Å². The molecule has 0 saturated heterocycles. The zero-order chi connectivity index (χ0) is 29.3. The van der Waals surface area contributed by atoms with E-state index in [2.05, 4.69) is 36.2 Å². The van der Waals surface area contributed by atoms with Crippen LogP contribution in [-0.2, 0) is 68.7 Å². The monoisotopic (exact) mass is 650 g/mol. The molecule has 7 N–H and O–H groups in total. The number of ether oxygens (including phenoxy) is 3. The maximum Gasteiger partial charge on any atom is 0.476 e. The number of phosphoric ester groups is 4. The zero-order valence-electron chi connectivity index (χ0n) is 19.6. The van der Waals surface area contributed by atoms with Crippen LogP contribution in [0, 0.1) is 0 Å².